The van der Waals surface area contributed by atoms with E-state index >= 15 is 0 Å². The molecule has 0 spiro atoms. The molecule has 10 heteroatoms. The fraction of sp³-hybridized carbons (Fsp3) is 0.902. The van der Waals surface area contributed by atoms with Crippen molar-refractivity contribution in [2.75, 3.05) is 27.0 Å². The first kappa shape index (κ1) is 37.1. The molecule has 0 radical (unpaired) electrons. The summed E-state index contributed by atoms with van der Waals surface area (Å²) in [6, 6.07) is 0. The summed E-state index contributed by atoms with van der Waals surface area (Å²) in [7, 11) is 1.81. The van der Waals surface area contributed by atoms with Crippen molar-refractivity contribution in [3.63, 3.8) is 0 Å². The van der Waals surface area contributed by atoms with Crippen LogP contribution in [0.4, 0.5) is 0 Å². The minimum Gasteiger partial charge on any atom is -0.662 e. The van der Waals surface area contributed by atoms with Crippen LogP contribution in [0.15, 0.2) is 0 Å². The van der Waals surface area contributed by atoms with Crippen LogP contribution in [-0.4, -0.2) is 68.7 Å². The zero-order chi connectivity index (χ0) is 36.3. The number of carbonyl (C=O) groups is 4. The lowest BCUT2D eigenvalue weighted by molar-refractivity contribution is -0.214. The van der Waals surface area contributed by atoms with Gasteiger partial charge in [-0.3, -0.25) is 14.4 Å². The molecular weight excluding hydrogens is 650 g/mol. The van der Waals surface area contributed by atoms with Crippen molar-refractivity contribution in [1.82, 2.24) is 0 Å². The zero-order valence-corrected chi connectivity index (χ0v) is 31.9. The largest absolute Gasteiger partial charge is 0.662 e. The van der Waals surface area contributed by atoms with Gasteiger partial charge < -0.3 is 29.0 Å². The third-order valence-electron chi connectivity index (χ3n) is 14.9. The number of rotatable bonds is 15. The Morgan fingerprint density at radius 1 is 0.784 bits per heavy atom. The fourth-order valence-corrected chi connectivity index (χ4v) is 12.8. The maximum atomic E-state index is 14.5. The van der Waals surface area contributed by atoms with Gasteiger partial charge in [-0.05, 0) is 159 Å². The quantitative estimate of drug-likeness (QED) is 0.0987. The number of cyclic esters (lactones) is 1. The van der Waals surface area contributed by atoms with Gasteiger partial charge in [0.05, 0.1) is 34.6 Å². The van der Waals surface area contributed by atoms with Crippen molar-refractivity contribution in [2.24, 2.45) is 63.6 Å². The van der Waals surface area contributed by atoms with Crippen LogP contribution in [0.2, 0.25) is 0 Å². The van der Waals surface area contributed by atoms with Crippen LogP contribution in [0.1, 0.15) is 125 Å². The highest BCUT2D eigenvalue weighted by Gasteiger charge is 2.59. The second kappa shape index (κ2) is 13.9. The summed E-state index contributed by atoms with van der Waals surface area (Å²) >= 11 is 0. The lowest BCUT2D eigenvalue weighted by atomic mass is 9.49. The van der Waals surface area contributed by atoms with Gasteiger partial charge in [-0.1, -0.05) is 6.92 Å². The van der Waals surface area contributed by atoms with Gasteiger partial charge in [-0.15, -0.1) is 6.54 Å². The summed E-state index contributed by atoms with van der Waals surface area (Å²) < 4.78 is 29.8. The van der Waals surface area contributed by atoms with Crippen molar-refractivity contribution in [2.45, 2.75) is 142 Å². The van der Waals surface area contributed by atoms with Gasteiger partial charge in [0.25, 0.3) is 0 Å². The van der Waals surface area contributed by atoms with Gasteiger partial charge in [0.15, 0.2) is 6.79 Å². The first-order chi connectivity index (χ1) is 24.2. The van der Waals surface area contributed by atoms with Gasteiger partial charge in [0.2, 0.25) is 6.10 Å². The van der Waals surface area contributed by atoms with E-state index in [1.807, 2.05) is 20.8 Å². The van der Waals surface area contributed by atoms with Gasteiger partial charge in [0.1, 0.15) is 0 Å². The van der Waals surface area contributed by atoms with Crippen molar-refractivity contribution in [3.8, 4) is 0 Å². The van der Waals surface area contributed by atoms with Crippen molar-refractivity contribution < 1.29 is 42.9 Å². The van der Waals surface area contributed by atoms with E-state index in [1.165, 1.54) is 38.5 Å². The second-order valence-electron chi connectivity index (χ2n) is 19.3. The average Bonchev–Trinajstić information content (AvgIpc) is 3.47. The van der Waals surface area contributed by atoms with E-state index in [9.17, 15) is 19.2 Å². The average molecular weight is 713 g/mol. The molecule has 0 amide bonds. The first-order valence-electron chi connectivity index (χ1n) is 20.1. The van der Waals surface area contributed by atoms with Crippen LogP contribution in [0.25, 0.3) is 5.32 Å². The van der Waals surface area contributed by atoms with Gasteiger partial charge in [0, 0.05) is 6.42 Å². The molecule has 0 N–H and O–H groups in total. The standard InChI is InChI=1S/C41H62NO9/c1-7-39(4,37(46)50-32-8-9-47-34(32)43)21-40(5,36(45)49-23-48-33-28-12-24-10-25(14-28)15-29(33)13-24)20-38(2,3)35(44)51-41(22-42-6)30-16-26-11-27(18-30)19-31(41)17-26/h24-33H,7-23H2,1-6H3/q-1. The Morgan fingerprint density at radius 2 is 1.35 bits per heavy atom. The molecule has 1 aliphatic heterocycles. The predicted octanol–water partition coefficient (Wildman–Crippen LogP) is 7.16. The lowest BCUT2D eigenvalue weighted by Crippen LogP contribution is -2.62. The molecule has 0 aromatic heterocycles. The van der Waals surface area contributed by atoms with Crippen LogP contribution >= 0.6 is 0 Å². The number of likely N-dealkylation sites (N-methyl/N-ethyl adjacent to an activating group) is 1. The van der Waals surface area contributed by atoms with E-state index < -0.39 is 45.9 Å². The van der Waals surface area contributed by atoms with E-state index in [0.717, 1.165) is 37.5 Å². The Morgan fingerprint density at radius 3 is 1.86 bits per heavy atom. The molecule has 1 saturated heterocycles. The van der Waals surface area contributed by atoms with Crippen LogP contribution in [0, 0.1) is 63.6 Å². The summed E-state index contributed by atoms with van der Waals surface area (Å²) in [5, 5.41) is 4.57. The summed E-state index contributed by atoms with van der Waals surface area (Å²) in [5.74, 6) is 2.73. The molecule has 9 rings (SSSR count). The highest BCUT2D eigenvalue weighted by molar-refractivity contribution is 5.85. The van der Waals surface area contributed by atoms with E-state index in [1.54, 1.807) is 20.9 Å². The maximum Gasteiger partial charge on any atom is 0.347 e. The van der Waals surface area contributed by atoms with Crippen molar-refractivity contribution in [1.29, 1.82) is 0 Å². The number of ether oxygens (including phenoxy) is 5. The molecule has 0 aromatic carbocycles. The van der Waals surface area contributed by atoms with E-state index in [4.69, 9.17) is 23.7 Å². The minimum atomic E-state index is -1.28. The summed E-state index contributed by atoms with van der Waals surface area (Å²) in [5.41, 5.74) is -4.11. The molecular formula is C41H62NO9-. The lowest BCUT2D eigenvalue weighted by Gasteiger charge is -2.62. The molecule has 9 aliphatic rings. The first-order valence-corrected chi connectivity index (χ1v) is 20.1. The Bertz CT molecular complexity index is 1300. The number of hydrogen-bond acceptors (Lipinski definition) is 9. The summed E-state index contributed by atoms with van der Waals surface area (Å²) in [4.78, 5) is 54.8. The Hall–Kier alpha value is -2.20. The summed E-state index contributed by atoms with van der Waals surface area (Å²) in [6.45, 7) is 9.67. The molecule has 10 nitrogen and oxygen atoms in total. The van der Waals surface area contributed by atoms with Crippen LogP contribution in [0.3, 0.4) is 0 Å². The van der Waals surface area contributed by atoms with Crippen LogP contribution in [0.5, 0.6) is 0 Å². The highest BCUT2D eigenvalue weighted by Crippen LogP contribution is 2.61. The maximum absolute atomic E-state index is 14.5. The minimum absolute atomic E-state index is 0.0642. The Balaban J connectivity index is 1.09. The fourth-order valence-electron chi connectivity index (χ4n) is 12.8. The van der Waals surface area contributed by atoms with Gasteiger partial charge >= 0.3 is 23.9 Å². The van der Waals surface area contributed by atoms with Crippen LogP contribution in [-0.2, 0) is 42.9 Å². The molecule has 8 bridgehead atoms. The number of carbonyl (C=O) groups excluding carboxylic acids is 4. The SMILES string of the molecule is CCC(C)(CC(C)(CC(C)(C)C(=O)OC1(C[N-]C)C2CC3CC(C2)CC1C3)C(=O)OCOC1C2CC3CC(C2)CC1C3)C(=O)OC1CCOC1=O. The Labute approximate surface area is 304 Å². The smallest absolute Gasteiger partial charge is 0.347 e. The van der Waals surface area contributed by atoms with Crippen molar-refractivity contribution >= 4 is 23.9 Å². The normalized spacial score (nSPS) is 40.0. The molecule has 51 heavy (non-hydrogen) atoms. The third kappa shape index (κ3) is 6.99. The molecule has 8 saturated carbocycles. The van der Waals surface area contributed by atoms with E-state index in [-0.39, 0.29) is 38.3 Å². The molecule has 1 heterocycles. The molecule has 286 valence electrons. The van der Waals surface area contributed by atoms with Crippen LogP contribution < -0.4 is 0 Å². The number of nitrogens with zero attached hydrogens (tertiary/aromatic N) is 1. The van der Waals surface area contributed by atoms with Crippen molar-refractivity contribution in [3.05, 3.63) is 5.32 Å². The Kier molecular flexibility index (Phi) is 10.1. The van der Waals surface area contributed by atoms with Gasteiger partial charge in [-0.2, -0.15) is 7.05 Å². The topological polar surface area (TPSA) is 129 Å². The second-order valence-corrected chi connectivity index (χ2v) is 19.3. The predicted molar refractivity (Wildman–Crippen MR) is 188 cm³/mol. The number of hydrogen-bond donors (Lipinski definition) is 0. The third-order valence-corrected chi connectivity index (χ3v) is 14.9. The van der Waals surface area contributed by atoms with E-state index in [0.29, 0.717) is 54.9 Å². The molecule has 8 aliphatic carbocycles. The molecule has 3 unspecified atom stereocenters. The summed E-state index contributed by atoms with van der Waals surface area (Å²) in [6.07, 6.45) is 11.7. The van der Waals surface area contributed by atoms with Gasteiger partial charge in [-0.25, -0.2) is 4.79 Å². The zero-order valence-electron chi connectivity index (χ0n) is 31.9. The van der Waals surface area contributed by atoms with E-state index in [2.05, 4.69) is 5.32 Å². The molecule has 9 fully saturated rings. The monoisotopic (exact) mass is 712 g/mol. The highest BCUT2D eigenvalue weighted by atomic mass is 16.7. The molecule has 3 atom stereocenters. The molecule has 0 aromatic rings. The number of esters is 4.